The molecule has 1 atom stereocenters. The zero-order chi connectivity index (χ0) is 16.9. The van der Waals surface area contributed by atoms with Crippen molar-refractivity contribution >= 4 is 11.8 Å². The van der Waals surface area contributed by atoms with Crippen LogP contribution >= 0.6 is 0 Å². The van der Waals surface area contributed by atoms with Gasteiger partial charge in [-0.15, -0.1) is 0 Å². The number of rotatable bonds is 4. The van der Waals surface area contributed by atoms with E-state index >= 15 is 0 Å². The Labute approximate surface area is 142 Å². The van der Waals surface area contributed by atoms with Gasteiger partial charge in [0.2, 0.25) is 11.8 Å². The molecule has 24 heavy (non-hydrogen) atoms. The van der Waals surface area contributed by atoms with E-state index in [1.807, 2.05) is 9.58 Å². The molecule has 1 unspecified atom stereocenters. The summed E-state index contributed by atoms with van der Waals surface area (Å²) >= 11 is 0. The summed E-state index contributed by atoms with van der Waals surface area (Å²) in [6.07, 6.45) is 6.70. The standard InChI is InChI=1S/C16H26N6O2/c1-14(23)19-6-8-20(9-7-19)16(24)11-21-5-3-2-4-15(21)10-22-13-17-12-18-22/h12-13,15H,2-11H2,1H3. The summed E-state index contributed by atoms with van der Waals surface area (Å²) in [5, 5.41) is 4.18. The van der Waals surface area contributed by atoms with Crippen molar-refractivity contribution in [2.24, 2.45) is 0 Å². The Bertz CT molecular complexity index is 553. The molecule has 2 amide bonds. The second-order valence-electron chi connectivity index (χ2n) is 6.62. The largest absolute Gasteiger partial charge is 0.339 e. The molecule has 1 aromatic rings. The van der Waals surface area contributed by atoms with E-state index in [1.165, 1.54) is 6.42 Å². The summed E-state index contributed by atoms with van der Waals surface area (Å²) in [7, 11) is 0. The van der Waals surface area contributed by atoms with Crippen molar-refractivity contribution in [2.75, 3.05) is 39.3 Å². The van der Waals surface area contributed by atoms with E-state index < -0.39 is 0 Å². The van der Waals surface area contributed by atoms with E-state index in [2.05, 4.69) is 15.0 Å². The molecule has 2 fully saturated rings. The molecule has 8 heteroatoms. The van der Waals surface area contributed by atoms with Gasteiger partial charge in [0.25, 0.3) is 0 Å². The summed E-state index contributed by atoms with van der Waals surface area (Å²) in [6, 6.07) is 0.336. The number of carbonyl (C=O) groups is 2. The Morgan fingerprint density at radius 1 is 1.08 bits per heavy atom. The van der Waals surface area contributed by atoms with Crippen LogP contribution in [0.15, 0.2) is 12.7 Å². The third kappa shape index (κ3) is 4.11. The van der Waals surface area contributed by atoms with Gasteiger partial charge in [-0.25, -0.2) is 4.98 Å². The summed E-state index contributed by atoms with van der Waals surface area (Å²) in [4.78, 5) is 34.0. The predicted molar refractivity (Wildman–Crippen MR) is 88.1 cm³/mol. The van der Waals surface area contributed by atoms with Gasteiger partial charge in [-0.2, -0.15) is 5.10 Å². The van der Waals surface area contributed by atoms with E-state index in [-0.39, 0.29) is 11.8 Å². The minimum Gasteiger partial charge on any atom is -0.339 e. The third-order valence-corrected chi connectivity index (χ3v) is 5.03. The Morgan fingerprint density at radius 3 is 2.50 bits per heavy atom. The highest BCUT2D eigenvalue weighted by atomic mass is 16.2. The number of amides is 2. The number of nitrogens with zero attached hydrogens (tertiary/aromatic N) is 6. The second kappa shape index (κ2) is 7.74. The van der Waals surface area contributed by atoms with Gasteiger partial charge in [-0.3, -0.25) is 19.2 Å². The Hall–Kier alpha value is -1.96. The van der Waals surface area contributed by atoms with Gasteiger partial charge in [-0.1, -0.05) is 6.42 Å². The Kier molecular flexibility index (Phi) is 5.44. The SMILES string of the molecule is CC(=O)N1CCN(C(=O)CN2CCCCC2Cn2cncn2)CC1. The molecule has 0 aromatic carbocycles. The first kappa shape index (κ1) is 16.9. The van der Waals surface area contributed by atoms with E-state index in [4.69, 9.17) is 0 Å². The average Bonchev–Trinajstić information content (AvgIpc) is 3.10. The maximum Gasteiger partial charge on any atom is 0.236 e. The van der Waals surface area contributed by atoms with Crippen molar-refractivity contribution in [3.8, 4) is 0 Å². The van der Waals surface area contributed by atoms with Crippen LogP contribution in [0.3, 0.4) is 0 Å². The molecule has 0 aliphatic carbocycles. The first-order chi connectivity index (χ1) is 11.6. The number of hydrogen-bond acceptors (Lipinski definition) is 5. The second-order valence-corrected chi connectivity index (χ2v) is 6.62. The highest BCUT2D eigenvalue weighted by Gasteiger charge is 2.28. The molecular weight excluding hydrogens is 308 g/mol. The molecular formula is C16H26N6O2. The fourth-order valence-corrected chi connectivity index (χ4v) is 3.56. The quantitative estimate of drug-likeness (QED) is 0.764. The average molecular weight is 334 g/mol. The van der Waals surface area contributed by atoms with Crippen LogP contribution in [0.4, 0.5) is 0 Å². The smallest absolute Gasteiger partial charge is 0.236 e. The molecule has 0 spiro atoms. The van der Waals surface area contributed by atoms with Gasteiger partial charge in [0, 0.05) is 39.1 Å². The first-order valence-electron chi connectivity index (χ1n) is 8.73. The van der Waals surface area contributed by atoms with Gasteiger partial charge in [0.15, 0.2) is 0 Å². The molecule has 2 aliphatic heterocycles. The van der Waals surface area contributed by atoms with Crippen LogP contribution in [-0.4, -0.2) is 86.6 Å². The van der Waals surface area contributed by atoms with Gasteiger partial charge in [0.05, 0.1) is 13.1 Å². The molecule has 3 heterocycles. The normalized spacial score (nSPS) is 22.6. The van der Waals surface area contributed by atoms with E-state index in [1.54, 1.807) is 24.5 Å². The molecule has 0 radical (unpaired) electrons. The maximum absolute atomic E-state index is 12.6. The lowest BCUT2D eigenvalue weighted by molar-refractivity contribution is -0.139. The van der Waals surface area contributed by atoms with Crippen molar-refractivity contribution in [1.82, 2.24) is 29.5 Å². The first-order valence-corrected chi connectivity index (χ1v) is 8.73. The van der Waals surface area contributed by atoms with E-state index in [0.29, 0.717) is 38.8 Å². The number of hydrogen-bond donors (Lipinski definition) is 0. The molecule has 2 aliphatic rings. The monoisotopic (exact) mass is 334 g/mol. The van der Waals surface area contributed by atoms with Gasteiger partial charge >= 0.3 is 0 Å². The van der Waals surface area contributed by atoms with E-state index in [9.17, 15) is 9.59 Å². The zero-order valence-corrected chi connectivity index (χ0v) is 14.3. The van der Waals surface area contributed by atoms with Crippen LogP contribution < -0.4 is 0 Å². The summed E-state index contributed by atoms with van der Waals surface area (Å²) in [6.45, 7) is 6.34. The summed E-state index contributed by atoms with van der Waals surface area (Å²) < 4.78 is 1.85. The lowest BCUT2D eigenvalue weighted by Gasteiger charge is -2.38. The number of aromatic nitrogens is 3. The highest BCUT2D eigenvalue weighted by molar-refractivity contribution is 5.79. The van der Waals surface area contributed by atoms with Crippen molar-refractivity contribution in [1.29, 1.82) is 0 Å². The molecule has 1 aromatic heterocycles. The van der Waals surface area contributed by atoms with Crippen LogP contribution in [0, 0.1) is 0 Å². The molecule has 132 valence electrons. The molecule has 0 saturated carbocycles. The fraction of sp³-hybridized carbons (Fsp3) is 0.750. The minimum atomic E-state index is 0.0889. The fourth-order valence-electron chi connectivity index (χ4n) is 3.56. The number of likely N-dealkylation sites (tertiary alicyclic amines) is 1. The zero-order valence-electron chi connectivity index (χ0n) is 14.3. The predicted octanol–water partition coefficient (Wildman–Crippen LogP) is -0.177. The lowest BCUT2D eigenvalue weighted by atomic mass is 10.0. The van der Waals surface area contributed by atoms with Crippen LogP contribution in [0.1, 0.15) is 26.2 Å². The highest BCUT2D eigenvalue weighted by Crippen LogP contribution is 2.18. The van der Waals surface area contributed by atoms with Crippen LogP contribution in [0.2, 0.25) is 0 Å². The minimum absolute atomic E-state index is 0.0889. The molecule has 8 nitrogen and oxygen atoms in total. The number of piperazine rings is 1. The number of piperidine rings is 1. The van der Waals surface area contributed by atoms with Gasteiger partial charge in [0.1, 0.15) is 12.7 Å². The van der Waals surface area contributed by atoms with Crippen LogP contribution in [0.25, 0.3) is 0 Å². The molecule has 0 N–H and O–H groups in total. The summed E-state index contributed by atoms with van der Waals surface area (Å²) in [5.41, 5.74) is 0. The Morgan fingerprint density at radius 2 is 1.83 bits per heavy atom. The van der Waals surface area contributed by atoms with E-state index in [0.717, 1.165) is 25.9 Å². The molecule has 2 saturated heterocycles. The van der Waals surface area contributed by atoms with Crippen molar-refractivity contribution in [3.63, 3.8) is 0 Å². The molecule has 3 rings (SSSR count). The van der Waals surface area contributed by atoms with Crippen molar-refractivity contribution in [2.45, 2.75) is 38.8 Å². The van der Waals surface area contributed by atoms with Crippen LogP contribution in [-0.2, 0) is 16.1 Å². The summed E-state index contributed by atoms with van der Waals surface area (Å²) in [5.74, 6) is 0.259. The topological polar surface area (TPSA) is 74.6 Å². The number of carbonyl (C=O) groups excluding carboxylic acids is 2. The Balaban J connectivity index is 1.53. The van der Waals surface area contributed by atoms with Crippen molar-refractivity contribution < 1.29 is 9.59 Å². The van der Waals surface area contributed by atoms with Crippen LogP contribution in [0.5, 0.6) is 0 Å². The maximum atomic E-state index is 12.6. The van der Waals surface area contributed by atoms with Gasteiger partial charge < -0.3 is 9.80 Å². The molecule has 0 bridgehead atoms. The van der Waals surface area contributed by atoms with Crippen molar-refractivity contribution in [3.05, 3.63) is 12.7 Å². The van der Waals surface area contributed by atoms with Gasteiger partial charge in [-0.05, 0) is 19.4 Å². The third-order valence-electron chi connectivity index (χ3n) is 5.03. The lowest BCUT2D eigenvalue weighted by Crippen LogP contribution is -2.54.